The van der Waals surface area contributed by atoms with Crippen LogP contribution in [-0.2, 0) is 20.9 Å². The second-order valence-corrected chi connectivity index (χ2v) is 8.95. The SMILES string of the molecule is COc1ccc(C(=O)N2C(C(=O)NCc3ccco3)COC23CCN(C(=O)C(C)C)CC3)cc1. The minimum absolute atomic E-state index is 0.0774. The van der Waals surface area contributed by atoms with Crippen molar-refractivity contribution in [2.75, 3.05) is 26.8 Å². The van der Waals surface area contributed by atoms with Crippen LogP contribution in [0.3, 0.4) is 0 Å². The molecule has 2 aliphatic rings. The number of hydrogen-bond acceptors (Lipinski definition) is 6. The molecule has 1 aromatic carbocycles. The van der Waals surface area contributed by atoms with E-state index in [2.05, 4.69) is 5.32 Å². The summed E-state index contributed by atoms with van der Waals surface area (Å²) < 4.78 is 16.7. The molecule has 1 N–H and O–H groups in total. The molecule has 2 aromatic rings. The van der Waals surface area contributed by atoms with Crippen molar-refractivity contribution in [3.8, 4) is 5.75 Å². The van der Waals surface area contributed by atoms with Crippen LogP contribution in [0.25, 0.3) is 0 Å². The van der Waals surface area contributed by atoms with E-state index >= 15 is 0 Å². The van der Waals surface area contributed by atoms with Crippen LogP contribution in [-0.4, -0.2) is 66.1 Å². The average molecular weight is 470 g/mol. The molecule has 1 aromatic heterocycles. The zero-order valence-electron chi connectivity index (χ0n) is 19.8. The zero-order valence-corrected chi connectivity index (χ0v) is 19.8. The van der Waals surface area contributed by atoms with E-state index in [4.69, 9.17) is 13.9 Å². The van der Waals surface area contributed by atoms with E-state index in [9.17, 15) is 14.4 Å². The average Bonchev–Trinajstić information content (AvgIpc) is 3.50. The fourth-order valence-corrected chi connectivity index (χ4v) is 4.59. The van der Waals surface area contributed by atoms with Gasteiger partial charge >= 0.3 is 0 Å². The minimum Gasteiger partial charge on any atom is -0.497 e. The van der Waals surface area contributed by atoms with Gasteiger partial charge in [-0.05, 0) is 36.4 Å². The molecule has 1 spiro atoms. The predicted octanol–water partition coefficient (Wildman–Crippen LogP) is 2.42. The number of likely N-dealkylation sites (tertiary alicyclic amines) is 1. The van der Waals surface area contributed by atoms with E-state index in [1.54, 1.807) is 59.6 Å². The number of carbonyl (C=O) groups excluding carboxylic acids is 3. The predicted molar refractivity (Wildman–Crippen MR) is 123 cm³/mol. The lowest BCUT2D eigenvalue weighted by Gasteiger charge is -2.44. The molecule has 2 aliphatic heterocycles. The largest absolute Gasteiger partial charge is 0.497 e. The van der Waals surface area contributed by atoms with E-state index in [-0.39, 0.29) is 36.8 Å². The number of furan rings is 1. The molecule has 9 heteroatoms. The van der Waals surface area contributed by atoms with E-state index in [1.807, 2.05) is 13.8 Å². The van der Waals surface area contributed by atoms with Crippen molar-refractivity contribution in [3.63, 3.8) is 0 Å². The minimum atomic E-state index is -0.947. The van der Waals surface area contributed by atoms with Gasteiger partial charge in [-0.15, -0.1) is 0 Å². The summed E-state index contributed by atoms with van der Waals surface area (Å²) >= 11 is 0. The number of carbonyl (C=O) groups is 3. The van der Waals surface area contributed by atoms with Crippen LogP contribution in [0.2, 0.25) is 0 Å². The Morgan fingerprint density at radius 3 is 2.44 bits per heavy atom. The Morgan fingerprint density at radius 2 is 1.85 bits per heavy atom. The third-order valence-electron chi connectivity index (χ3n) is 6.49. The lowest BCUT2D eigenvalue weighted by molar-refractivity contribution is -0.146. The van der Waals surface area contributed by atoms with Gasteiger partial charge in [-0.25, -0.2) is 0 Å². The molecule has 1 unspecified atom stereocenters. The van der Waals surface area contributed by atoms with Crippen LogP contribution in [0, 0.1) is 5.92 Å². The number of amides is 3. The highest BCUT2D eigenvalue weighted by atomic mass is 16.5. The molecule has 2 saturated heterocycles. The Bertz CT molecular complexity index is 1010. The third kappa shape index (κ3) is 4.65. The summed E-state index contributed by atoms with van der Waals surface area (Å²) in [5, 5.41) is 2.85. The van der Waals surface area contributed by atoms with Gasteiger partial charge in [0.05, 0.1) is 26.5 Å². The lowest BCUT2D eigenvalue weighted by Crippen LogP contribution is -2.60. The topological polar surface area (TPSA) is 101 Å². The van der Waals surface area contributed by atoms with Crippen LogP contribution in [0.1, 0.15) is 42.8 Å². The number of benzene rings is 1. The number of rotatable bonds is 6. The van der Waals surface area contributed by atoms with E-state index in [1.165, 1.54) is 0 Å². The molecule has 0 saturated carbocycles. The van der Waals surface area contributed by atoms with Crippen molar-refractivity contribution in [2.45, 2.75) is 45.0 Å². The summed E-state index contributed by atoms with van der Waals surface area (Å²) in [6, 6.07) is 9.52. The summed E-state index contributed by atoms with van der Waals surface area (Å²) in [6.07, 6.45) is 2.42. The first-order valence-electron chi connectivity index (χ1n) is 11.6. The number of piperidine rings is 1. The highest BCUT2D eigenvalue weighted by molar-refractivity contribution is 5.98. The number of nitrogens with one attached hydrogen (secondary N) is 1. The quantitative estimate of drug-likeness (QED) is 0.697. The number of nitrogens with zero attached hydrogens (tertiary/aromatic N) is 2. The van der Waals surface area contributed by atoms with Gasteiger partial charge in [-0.3, -0.25) is 19.3 Å². The molecule has 3 heterocycles. The number of hydrogen-bond donors (Lipinski definition) is 1. The lowest BCUT2D eigenvalue weighted by atomic mass is 9.95. The van der Waals surface area contributed by atoms with Gasteiger partial charge in [-0.1, -0.05) is 13.8 Å². The Labute approximate surface area is 199 Å². The fraction of sp³-hybridized carbons (Fsp3) is 0.480. The number of ether oxygens (including phenoxy) is 2. The molecule has 182 valence electrons. The van der Waals surface area contributed by atoms with Crippen LogP contribution in [0.5, 0.6) is 5.75 Å². The Balaban J connectivity index is 1.57. The van der Waals surface area contributed by atoms with Crippen LogP contribution < -0.4 is 10.1 Å². The van der Waals surface area contributed by atoms with Crippen molar-refractivity contribution in [1.82, 2.24) is 15.1 Å². The highest BCUT2D eigenvalue weighted by Gasteiger charge is 2.54. The molecule has 0 radical (unpaired) electrons. The zero-order chi connectivity index (χ0) is 24.3. The van der Waals surface area contributed by atoms with Gasteiger partial charge in [-0.2, -0.15) is 0 Å². The third-order valence-corrected chi connectivity index (χ3v) is 6.49. The summed E-state index contributed by atoms with van der Waals surface area (Å²) in [5.74, 6) is 0.634. The van der Waals surface area contributed by atoms with Gasteiger partial charge in [0.2, 0.25) is 11.8 Å². The molecular weight excluding hydrogens is 438 g/mol. The fourth-order valence-electron chi connectivity index (χ4n) is 4.59. The van der Waals surface area contributed by atoms with Crippen molar-refractivity contribution in [2.24, 2.45) is 5.92 Å². The maximum absolute atomic E-state index is 13.7. The van der Waals surface area contributed by atoms with Crippen molar-refractivity contribution < 1.29 is 28.3 Å². The first-order chi connectivity index (χ1) is 16.3. The second-order valence-electron chi connectivity index (χ2n) is 8.95. The van der Waals surface area contributed by atoms with Crippen molar-refractivity contribution in [3.05, 3.63) is 54.0 Å². The Morgan fingerprint density at radius 1 is 1.15 bits per heavy atom. The molecule has 2 fully saturated rings. The second kappa shape index (κ2) is 9.89. The molecule has 0 bridgehead atoms. The van der Waals surface area contributed by atoms with E-state index in [0.29, 0.717) is 43.0 Å². The first-order valence-corrected chi connectivity index (χ1v) is 11.6. The van der Waals surface area contributed by atoms with Gasteiger partial charge in [0.15, 0.2) is 0 Å². The maximum atomic E-state index is 13.7. The number of methoxy groups -OCH3 is 1. The Kier molecular flexibility index (Phi) is 6.92. The van der Waals surface area contributed by atoms with Crippen LogP contribution >= 0.6 is 0 Å². The highest BCUT2D eigenvalue weighted by Crippen LogP contribution is 2.39. The molecule has 1 atom stereocenters. The molecular formula is C25H31N3O6. The summed E-state index contributed by atoms with van der Waals surface area (Å²) in [6.45, 7) is 4.98. The Hall–Kier alpha value is -3.33. The molecule has 3 amide bonds. The first kappa shape index (κ1) is 23.8. The van der Waals surface area contributed by atoms with Gasteiger partial charge < -0.3 is 24.1 Å². The smallest absolute Gasteiger partial charge is 0.256 e. The monoisotopic (exact) mass is 469 g/mol. The summed E-state index contributed by atoms with van der Waals surface area (Å²) in [7, 11) is 1.56. The molecule has 0 aliphatic carbocycles. The van der Waals surface area contributed by atoms with Crippen molar-refractivity contribution >= 4 is 17.7 Å². The molecule has 9 nitrogen and oxygen atoms in total. The van der Waals surface area contributed by atoms with Crippen molar-refractivity contribution in [1.29, 1.82) is 0 Å². The van der Waals surface area contributed by atoms with Crippen LogP contribution in [0.4, 0.5) is 0 Å². The normalized spacial score (nSPS) is 19.5. The molecule has 4 rings (SSSR count). The summed E-state index contributed by atoms with van der Waals surface area (Å²) in [5.41, 5.74) is -0.507. The van der Waals surface area contributed by atoms with Crippen LogP contribution in [0.15, 0.2) is 47.1 Å². The van der Waals surface area contributed by atoms with Gasteiger partial charge in [0, 0.05) is 37.4 Å². The summed E-state index contributed by atoms with van der Waals surface area (Å²) in [4.78, 5) is 42.7. The standard InChI is InChI=1S/C25H31N3O6/c1-17(2)23(30)27-12-10-25(11-13-27)28(24(31)18-6-8-19(32-3)9-7-18)21(16-34-25)22(29)26-15-20-5-4-14-33-20/h4-9,14,17,21H,10-13,15-16H2,1-3H3,(H,26,29). The van der Waals surface area contributed by atoms with E-state index in [0.717, 1.165) is 0 Å². The van der Waals surface area contributed by atoms with Gasteiger partial charge in [0.1, 0.15) is 23.3 Å². The van der Waals surface area contributed by atoms with Gasteiger partial charge in [0.25, 0.3) is 5.91 Å². The maximum Gasteiger partial charge on any atom is 0.256 e. The van der Waals surface area contributed by atoms with E-state index < -0.39 is 11.8 Å². The molecule has 34 heavy (non-hydrogen) atoms.